The van der Waals surface area contributed by atoms with Crippen LogP contribution in [-0.4, -0.2) is 9.13 Å². The predicted octanol–water partition coefficient (Wildman–Crippen LogP) is 23.2. The Morgan fingerprint density at radius 2 is 0.625 bits per heavy atom. The minimum Gasteiger partial charge on any atom is -0.310 e. The summed E-state index contributed by atoms with van der Waals surface area (Å²) in [6, 6.07) is 90.2. The van der Waals surface area contributed by atoms with Crippen molar-refractivity contribution >= 4 is 77.7 Å². The number of hydrogen-bond donors (Lipinski definition) is 0. The molecule has 16 rings (SSSR count). The van der Waals surface area contributed by atoms with Crippen LogP contribution in [0.2, 0.25) is 0 Å². The van der Waals surface area contributed by atoms with Gasteiger partial charge in [0.15, 0.2) is 0 Å². The van der Waals surface area contributed by atoms with Gasteiger partial charge in [-0.1, -0.05) is 242 Å². The van der Waals surface area contributed by atoms with Gasteiger partial charge in [-0.2, -0.15) is 0 Å². The van der Waals surface area contributed by atoms with Gasteiger partial charge < -0.3 is 18.9 Å². The highest BCUT2D eigenvalue weighted by Gasteiger charge is 2.21. The van der Waals surface area contributed by atoms with E-state index in [1.54, 1.807) is 54.6 Å². The SMILES string of the molecule is [2H]c1c([2H])c(-c2ccc3c(c2)c2ccccc2n3-c2ccccc2)c([2H])c(N(c2ccccc2)c2ccccc2-c2ccccc2)c1[2H].[2H]c1c([2H])c([2H])c(N(c2ccccc2)c2c([2H])c([2H])c([2H])c(-c3ccc4c(c3)c3ccccc3n4-c3ccccc3)c2[2H])c(-c2ccccc2)c1[2H]. The highest BCUT2D eigenvalue weighted by molar-refractivity contribution is 6.12. The highest BCUT2D eigenvalue weighted by Crippen LogP contribution is 2.45. The lowest BCUT2D eigenvalue weighted by Gasteiger charge is -2.28. The van der Waals surface area contributed by atoms with Gasteiger partial charge in [-0.05, 0) is 155 Å². The van der Waals surface area contributed by atoms with Crippen LogP contribution in [0.25, 0.3) is 99.5 Å². The van der Waals surface area contributed by atoms with E-state index in [-0.39, 0.29) is 76.5 Å². The summed E-state index contributed by atoms with van der Waals surface area (Å²) in [5.74, 6) is 0. The highest BCUT2D eigenvalue weighted by atomic mass is 15.2. The van der Waals surface area contributed by atoms with Gasteiger partial charge in [-0.25, -0.2) is 0 Å². The molecule has 0 aliphatic rings. The molecule has 0 unspecified atom stereocenters. The Balaban J connectivity index is 0.000000163. The van der Waals surface area contributed by atoms with Gasteiger partial charge in [-0.3, -0.25) is 0 Å². The molecule has 0 amide bonds. The molecular weight excluding hydrogens is 1060 g/mol. The van der Waals surface area contributed by atoms with Gasteiger partial charge in [0.25, 0.3) is 0 Å². The van der Waals surface area contributed by atoms with Crippen LogP contribution in [0.3, 0.4) is 0 Å². The molecule has 0 saturated carbocycles. The van der Waals surface area contributed by atoms with Crippen LogP contribution in [0.5, 0.6) is 0 Å². The van der Waals surface area contributed by atoms with Crippen LogP contribution in [0.1, 0.15) is 16.4 Å². The fraction of sp³-hybridized carbons (Fsp3) is 0. The largest absolute Gasteiger partial charge is 0.310 e. The van der Waals surface area contributed by atoms with E-state index in [1.165, 1.54) is 4.90 Å². The first-order valence-electron chi connectivity index (χ1n) is 35.1. The quantitative estimate of drug-likeness (QED) is 0.121. The van der Waals surface area contributed by atoms with Crippen molar-refractivity contribution in [3.63, 3.8) is 0 Å². The minimum absolute atomic E-state index is 0.0267. The average molecular weight is 1140 g/mol. The van der Waals surface area contributed by atoms with Crippen molar-refractivity contribution in [3.8, 4) is 55.9 Å². The Morgan fingerprint density at radius 3 is 1.12 bits per heavy atom. The first-order valence-corrected chi connectivity index (χ1v) is 29.1. The van der Waals surface area contributed by atoms with E-state index in [2.05, 4.69) is 33.4 Å². The number of rotatable bonds is 12. The molecule has 4 nitrogen and oxygen atoms in total. The molecule has 0 saturated heterocycles. The van der Waals surface area contributed by atoms with Crippen molar-refractivity contribution in [3.05, 3.63) is 364 Å². The fourth-order valence-electron chi connectivity index (χ4n) is 11.9. The summed E-state index contributed by atoms with van der Waals surface area (Å²) in [6.07, 6.45) is 0. The molecule has 2 heterocycles. The van der Waals surface area contributed by atoms with Crippen molar-refractivity contribution in [2.45, 2.75) is 0 Å². The number of aromatic nitrogens is 2. The lowest BCUT2D eigenvalue weighted by atomic mass is 10.00. The maximum Gasteiger partial charge on any atom is 0.0651 e. The van der Waals surface area contributed by atoms with Gasteiger partial charge in [0.1, 0.15) is 0 Å². The second kappa shape index (κ2) is 23.7. The summed E-state index contributed by atoms with van der Waals surface area (Å²) in [7, 11) is 0. The van der Waals surface area contributed by atoms with E-state index in [1.807, 2.05) is 217 Å². The molecule has 88 heavy (non-hydrogen) atoms. The minimum atomic E-state index is -0.470. The lowest BCUT2D eigenvalue weighted by molar-refractivity contribution is 1.18. The zero-order chi connectivity index (χ0) is 69.0. The van der Waals surface area contributed by atoms with Crippen LogP contribution in [0, 0.1) is 0 Å². The van der Waals surface area contributed by atoms with Gasteiger partial charge in [0.2, 0.25) is 0 Å². The second-order valence-electron chi connectivity index (χ2n) is 21.1. The van der Waals surface area contributed by atoms with Crippen LogP contribution >= 0.6 is 0 Å². The van der Waals surface area contributed by atoms with Gasteiger partial charge in [0.05, 0.1) is 49.9 Å². The predicted molar refractivity (Wildman–Crippen MR) is 373 cm³/mol. The van der Waals surface area contributed by atoms with Crippen molar-refractivity contribution in [1.29, 1.82) is 0 Å². The summed E-state index contributed by atoms with van der Waals surface area (Å²) in [5, 5.41) is 3.91. The molecular formula is C84H60N4. The van der Waals surface area contributed by atoms with Crippen molar-refractivity contribution in [2.75, 3.05) is 9.80 Å². The molecule has 2 aromatic heterocycles. The monoisotopic (exact) mass is 1140 g/mol. The Bertz CT molecular complexity index is 5820. The standard InChI is InChI=1S/2C42H30N2/c2*1-4-15-31(16-5-1)37-23-10-12-25-40(37)43(34-18-6-2-7-19-34)36-22-14-17-32(29-36)33-27-28-42-39(30-33)38-24-11-13-26-41(38)44(42)35-20-8-3-9-21-35/h2*1-30H/i10D,12D,14D,17D,22D,23D,25D,29D;14D,17D,22D,29D. The number of benzene rings is 14. The number of anilines is 6. The molecule has 416 valence electrons. The lowest BCUT2D eigenvalue weighted by Crippen LogP contribution is -2.11. The molecule has 0 aliphatic carbocycles. The number of fused-ring (bicyclic) bond motifs is 6. The van der Waals surface area contributed by atoms with Crippen LogP contribution in [0.15, 0.2) is 364 Å². The number of hydrogen-bond acceptors (Lipinski definition) is 2. The number of para-hydroxylation sites is 8. The molecule has 0 aliphatic heterocycles. The second-order valence-corrected chi connectivity index (χ2v) is 21.1. The Labute approximate surface area is 530 Å². The summed E-state index contributed by atoms with van der Waals surface area (Å²) in [6.45, 7) is 0. The van der Waals surface area contributed by atoms with Crippen molar-refractivity contribution in [1.82, 2.24) is 9.13 Å². The molecule has 0 N–H and O–H groups in total. The van der Waals surface area contributed by atoms with Crippen molar-refractivity contribution in [2.24, 2.45) is 0 Å². The Hall–Kier alpha value is -11.7. The molecule has 0 spiro atoms. The third-order valence-corrected chi connectivity index (χ3v) is 15.8. The van der Waals surface area contributed by atoms with Gasteiger partial charge in [0, 0.05) is 66.8 Å². The third kappa shape index (κ3) is 10.1. The van der Waals surface area contributed by atoms with Gasteiger partial charge >= 0.3 is 0 Å². The topological polar surface area (TPSA) is 16.3 Å². The van der Waals surface area contributed by atoms with E-state index in [4.69, 9.17) is 9.60 Å². The number of nitrogens with zero attached hydrogens (tertiary/aromatic N) is 4. The van der Waals surface area contributed by atoms with Crippen LogP contribution in [-0.2, 0) is 0 Å². The van der Waals surface area contributed by atoms with E-state index in [9.17, 15) is 6.85 Å². The van der Waals surface area contributed by atoms with Gasteiger partial charge in [-0.15, -0.1) is 0 Å². The smallest absolute Gasteiger partial charge is 0.0651 e. The molecule has 14 aromatic carbocycles. The first-order chi connectivity index (χ1) is 48.7. The first kappa shape index (κ1) is 41.3. The summed E-state index contributed by atoms with van der Waals surface area (Å²) >= 11 is 0. The summed E-state index contributed by atoms with van der Waals surface area (Å²) < 4.78 is 114. The summed E-state index contributed by atoms with van der Waals surface area (Å²) in [4.78, 5) is 3.37. The fourth-order valence-corrected chi connectivity index (χ4v) is 11.9. The van der Waals surface area contributed by atoms with E-state index in [0.717, 1.165) is 77.5 Å². The van der Waals surface area contributed by atoms with Crippen LogP contribution < -0.4 is 9.80 Å². The zero-order valence-corrected chi connectivity index (χ0v) is 47.5. The third-order valence-electron chi connectivity index (χ3n) is 15.8. The van der Waals surface area contributed by atoms with E-state index >= 15 is 0 Å². The van der Waals surface area contributed by atoms with E-state index in [0.29, 0.717) is 27.9 Å². The maximum absolute atomic E-state index is 9.74. The summed E-state index contributed by atoms with van der Waals surface area (Å²) in [5.41, 5.74) is 12.5. The molecule has 0 radical (unpaired) electrons. The van der Waals surface area contributed by atoms with Crippen molar-refractivity contribution < 1.29 is 16.4 Å². The maximum atomic E-state index is 9.74. The molecule has 16 aromatic rings. The van der Waals surface area contributed by atoms with Crippen LogP contribution in [0.4, 0.5) is 34.1 Å². The Kier molecular flexibility index (Phi) is 11.1. The molecule has 4 heteroatoms. The molecule has 0 bridgehead atoms. The molecule has 0 fully saturated rings. The normalized spacial score (nSPS) is 13.1. The molecule has 0 atom stereocenters. The van der Waals surface area contributed by atoms with E-state index < -0.39 is 24.2 Å². The average Bonchev–Trinajstić information content (AvgIpc) is 0.993. The zero-order valence-electron chi connectivity index (χ0n) is 59.5. The Morgan fingerprint density at radius 1 is 0.239 bits per heavy atom.